The van der Waals surface area contributed by atoms with E-state index in [0.29, 0.717) is 23.5 Å². The summed E-state index contributed by atoms with van der Waals surface area (Å²) in [6.07, 6.45) is -1.74. The topological polar surface area (TPSA) is 88.0 Å². The second-order valence-corrected chi connectivity index (χ2v) is 9.17. The van der Waals surface area contributed by atoms with Crippen molar-refractivity contribution in [2.24, 2.45) is 7.05 Å². The largest absolute Gasteiger partial charge is 0.416 e. The van der Waals surface area contributed by atoms with Crippen LogP contribution in [-0.4, -0.2) is 21.6 Å². The molecule has 0 unspecified atom stereocenters. The van der Waals surface area contributed by atoms with E-state index in [1.165, 1.54) is 29.1 Å². The van der Waals surface area contributed by atoms with Gasteiger partial charge >= 0.3 is 6.18 Å². The molecule has 2 heterocycles. The number of fused-ring (bicyclic) bond motifs is 1. The molecule has 0 radical (unpaired) electrons. The first kappa shape index (κ1) is 26.2. The third kappa shape index (κ3) is 5.28. The van der Waals surface area contributed by atoms with Gasteiger partial charge in [-0.3, -0.25) is 14.3 Å². The molecular weight excluding hydrogens is 545 g/mol. The van der Waals surface area contributed by atoms with Crippen molar-refractivity contribution in [3.8, 4) is 0 Å². The summed E-state index contributed by atoms with van der Waals surface area (Å²) in [4.78, 5) is 26.1. The molecule has 39 heavy (non-hydrogen) atoms. The standard InChI is InChI=1S/C26H17ClF5N5O2/c1-37-11-17(10-33-37)34-16-8-19-22(23(36-25(19)39)18-7-14(28)2-3-20(18)27)21(9-16)35-24(38)12-4-13(26(30,31)32)6-15(29)5-12/h2-11,23,34H,1H3,(H,35,38)(H,36,39)/t23-/m0/s1. The van der Waals surface area contributed by atoms with E-state index in [1.807, 2.05) is 0 Å². The number of nitrogens with one attached hydrogen (secondary N) is 3. The number of carbonyl (C=O) groups is 2. The van der Waals surface area contributed by atoms with Crippen molar-refractivity contribution in [3.63, 3.8) is 0 Å². The number of aryl methyl sites for hydroxylation is 1. The Hall–Kier alpha value is -4.45. The van der Waals surface area contributed by atoms with Crippen molar-refractivity contribution in [2.75, 3.05) is 10.6 Å². The van der Waals surface area contributed by atoms with Gasteiger partial charge in [-0.05, 0) is 48.5 Å². The lowest BCUT2D eigenvalue weighted by Crippen LogP contribution is -2.21. The predicted molar refractivity (Wildman–Crippen MR) is 133 cm³/mol. The third-order valence-corrected chi connectivity index (χ3v) is 6.33. The van der Waals surface area contributed by atoms with Crippen LogP contribution in [0.4, 0.5) is 39.0 Å². The van der Waals surface area contributed by atoms with Crippen molar-refractivity contribution >= 4 is 40.5 Å². The number of carbonyl (C=O) groups excluding carboxylic acids is 2. The van der Waals surface area contributed by atoms with E-state index in [9.17, 15) is 31.5 Å². The summed E-state index contributed by atoms with van der Waals surface area (Å²) in [5.41, 5.74) is -0.579. The Morgan fingerprint density at radius 3 is 2.51 bits per heavy atom. The zero-order valence-corrected chi connectivity index (χ0v) is 20.6. The van der Waals surface area contributed by atoms with Gasteiger partial charge in [0.25, 0.3) is 11.8 Å². The van der Waals surface area contributed by atoms with Crippen LogP contribution in [0.5, 0.6) is 0 Å². The van der Waals surface area contributed by atoms with Crippen LogP contribution in [0.15, 0.2) is 60.9 Å². The average Bonchev–Trinajstić information content (AvgIpc) is 3.42. The number of hydrogen-bond acceptors (Lipinski definition) is 4. The Kier molecular flexibility index (Phi) is 6.51. The van der Waals surface area contributed by atoms with E-state index in [-0.39, 0.29) is 33.5 Å². The van der Waals surface area contributed by atoms with Gasteiger partial charge in [0.15, 0.2) is 0 Å². The summed E-state index contributed by atoms with van der Waals surface area (Å²) in [5.74, 6) is -3.51. The van der Waals surface area contributed by atoms with Crippen molar-refractivity contribution in [3.05, 3.63) is 105 Å². The molecule has 1 aliphatic rings. The monoisotopic (exact) mass is 561 g/mol. The first-order valence-corrected chi connectivity index (χ1v) is 11.7. The van der Waals surface area contributed by atoms with Crippen LogP contribution in [-0.2, 0) is 13.2 Å². The van der Waals surface area contributed by atoms with Crippen LogP contribution < -0.4 is 16.0 Å². The van der Waals surface area contributed by atoms with Crippen molar-refractivity contribution in [1.29, 1.82) is 0 Å². The second-order valence-electron chi connectivity index (χ2n) is 8.77. The minimum Gasteiger partial charge on any atom is -0.353 e. The molecule has 3 aromatic carbocycles. The molecule has 3 N–H and O–H groups in total. The highest BCUT2D eigenvalue weighted by atomic mass is 35.5. The molecule has 1 aliphatic heterocycles. The number of amides is 2. The van der Waals surface area contributed by atoms with Crippen LogP contribution in [0.25, 0.3) is 0 Å². The summed E-state index contributed by atoms with van der Waals surface area (Å²) >= 11 is 6.29. The van der Waals surface area contributed by atoms with Gasteiger partial charge in [0.2, 0.25) is 0 Å². The average molecular weight is 562 g/mol. The molecule has 0 saturated carbocycles. The normalized spacial score (nSPS) is 14.6. The Morgan fingerprint density at radius 2 is 1.82 bits per heavy atom. The van der Waals surface area contributed by atoms with E-state index in [4.69, 9.17) is 11.6 Å². The zero-order chi connectivity index (χ0) is 28.1. The quantitative estimate of drug-likeness (QED) is 0.253. The third-order valence-electron chi connectivity index (χ3n) is 5.99. The molecule has 0 bridgehead atoms. The van der Waals surface area contributed by atoms with Crippen molar-refractivity contribution in [1.82, 2.24) is 15.1 Å². The van der Waals surface area contributed by atoms with Gasteiger partial charge < -0.3 is 16.0 Å². The van der Waals surface area contributed by atoms with E-state index in [0.717, 1.165) is 12.1 Å². The van der Waals surface area contributed by atoms with Crippen LogP contribution in [0.2, 0.25) is 5.02 Å². The van der Waals surface area contributed by atoms with Gasteiger partial charge in [-0.25, -0.2) is 8.78 Å². The summed E-state index contributed by atoms with van der Waals surface area (Å²) in [7, 11) is 1.69. The summed E-state index contributed by atoms with van der Waals surface area (Å²) < 4.78 is 69.3. The lowest BCUT2D eigenvalue weighted by Gasteiger charge is -2.19. The fourth-order valence-corrected chi connectivity index (χ4v) is 4.54. The van der Waals surface area contributed by atoms with Gasteiger partial charge in [-0.15, -0.1) is 0 Å². The van der Waals surface area contributed by atoms with Gasteiger partial charge in [0, 0.05) is 51.9 Å². The maximum Gasteiger partial charge on any atom is 0.416 e. The fourth-order valence-electron chi connectivity index (χ4n) is 4.31. The minimum absolute atomic E-state index is 0.00499. The van der Waals surface area contributed by atoms with Gasteiger partial charge in [-0.1, -0.05) is 11.6 Å². The Morgan fingerprint density at radius 1 is 1.05 bits per heavy atom. The SMILES string of the molecule is Cn1cc(Nc2cc(NC(=O)c3cc(F)cc(C(F)(F)F)c3)c3c(c2)C(=O)N[C@H]3c2cc(F)ccc2Cl)cn1. The second kappa shape index (κ2) is 9.70. The lowest BCUT2D eigenvalue weighted by atomic mass is 9.95. The highest BCUT2D eigenvalue weighted by molar-refractivity contribution is 6.31. The number of rotatable bonds is 5. The number of benzene rings is 3. The molecule has 0 spiro atoms. The van der Waals surface area contributed by atoms with Gasteiger partial charge in [0.05, 0.1) is 23.5 Å². The van der Waals surface area contributed by atoms with E-state index in [2.05, 4.69) is 21.0 Å². The highest BCUT2D eigenvalue weighted by Gasteiger charge is 2.36. The first-order valence-electron chi connectivity index (χ1n) is 11.3. The van der Waals surface area contributed by atoms with Crippen LogP contribution >= 0.6 is 11.6 Å². The molecule has 1 aromatic heterocycles. The number of nitrogens with zero attached hydrogens (tertiary/aromatic N) is 2. The molecule has 2 amide bonds. The van der Waals surface area contributed by atoms with Crippen LogP contribution in [0.3, 0.4) is 0 Å². The molecule has 1 atom stereocenters. The molecule has 0 fully saturated rings. The van der Waals surface area contributed by atoms with Gasteiger partial charge in [-0.2, -0.15) is 18.3 Å². The maximum atomic E-state index is 14.1. The lowest BCUT2D eigenvalue weighted by molar-refractivity contribution is -0.137. The minimum atomic E-state index is -4.89. The van der Waals surface area contributed by atoms with E-state index in [1.54, 1.807) is 13.2 Å². The maximum absolute atomic E-state index is 14.1. The summed E-state index contributed by atoms with van der Waals surface area (Å²) in [5, 5.41) is 12.4. The number of hydrogen-bond donors (Lipinski definition) is 3. The number of aromatic nitrogens is 2. The molecule has 200 valence electrons. The first-order chi connectivity index (χ1) is 18.4. The number of halogens is 6. The molecule has 7 nitrogen and oxygen atoms in total. The van der Waals surface area contributed by atoms with Gasteiger partial charge in [0.1, 0.15) is 11.6 Å². The smallest absolute Gasteiger partial charge is 0.353 e. The summed E-state index contributed by atoms with van der Waals surface area (Å²) in [6, 6.07) is 6.94. The van der Waals surface area contributed by atoms with E-state index < -0.39 is 46.8 Å². The number of anilines is 3. The molecular formula is C26H17ClF5N5O2. The molecule has 0 saturated heterocycles. The molecule has 5 rings (SSSR count). The molecule has 4 aromatic rings. The van der Waals surface area contributed by atoms with Crippen molar-refractivity contribution in [2.45, 2.75) is 12.2 Å². The predicted octanol–water partition coefficient (Wildman–Crippen LogP) is 6.20. The Balaban J connectivity index is 1.62. The zero-order valence-electron chi connectivity index (χ0n) is 19.8. The summed E-state index contributed by atoms with van der Waals surface area (Å²) in [6.45, 7) is 0. The highest BCUT2D eigenvalue weighted by Crippen LogP contribution is 2.41. The number of alkyl halides is 3. The molecule has 13 heteroatoms. The Labute approximate surface area is 222 Å². The van der Waals surface area contributed by atoms with Crippen LogP contribution in [0, 0.1) is 11.6 Å². The van der Waals surface area contributed by atoms with Crippen molar-refractivity contribution < 1.29 is 31.5 Å². The molecule has 0 aliphatic carbocycles. The van der Waals surface area contributed by atoms with Crippen LogP contribution in [0.1, 0.15) is 43.4 Å². The Bertz CT molecular complexity index is 1640. The fraction of sp³-hybridized carbons (Fsp3) is 0.115. The van der Waals surface area contributed by atoms with E-state index >= 15 is 0 Å².